The normalized spacial score (nSPS) is 10.9. The summed E-state index contributed by atoms with van der Waals surface area (Å²) in [6.07, 6.45) is 1.58. The van der Waals surface area contributed by atoms with E-state index in [2.05, 4.69) is 45.8 Å². The Labute approximate surface area is 163 Å². The van der Waals surface area contributed by atoms with Gasteiger partial charge in [-0.25, -0.2) is 9.97 Å². The standard InChI is InChI=1S/C22H22N4O2/c1-14-15(2)26(16-8-6-5-7-9-16)22-20(14)21(23-13-24-22)25-18-11-10-17(27-3)12-19(18)28-4/h5-13H,1-4H3,(H,23,24,25). The number of nitrogens with one attached hydrogen (secondary N) is 1. The summed E-state index contributed by atoms with van der Waals surface area (Å²) in [6.45, 7) is 4.19. The van der Waals surface area contributed by atoms with Gasteiger partial charge in [0.05, 0.1) is 25.3 Å². The van der Waals surface area contributed by atoms with Gasteiger partial charge in [0, 0.05) is 17.4 Å². The first-order valence-corrected chi connectivity index (χ1v) is 9.01. The van der Waals surface area contributed by atoms with Gasteiger partial charge >= 0.3 is 0 Å². The van der Waals surface area contributed by atoms with Crippen LogP contribution in [0, 0.1) is 13.8 Å². The summed E-state index contributed by atoms with van der Waals surface area (Å²) in [5.41, 5.74) is 5.02. The van der Waals surface area contributed by atoms with Gasteiger partial charge in [-0.3, -0.25) is 4.57 Å². The van der Waals surface area contributed by atoms with Crippen molar-refractivity contribution in [1.82, 2.24) is 14.5 Å². The average Bonchev–Trinajstić information content (AvgIpc) is 3.00. The highest BCUT2D eigenvalue weighted by molar-refractivity contribution is 5.94. The maximum atomic E-state index is 5.51. The third-order valence-electron chi connectivity index (χ3n) is 4.97. The molecule has 0 saturated carbocycles. The lowest BCUT2D eigenvalue weighted by Crippen LogP contribution is -2.00. The van der Waals surface area contributed by atoms with Crippen LogP contribution in [0.3, 0.4) is 0 Å². The second-order valence-electron chi connectivity index (χ2n) is 6.49. The van der Waals surface area contributed by atoms with Crippen molar-refractivity contribution in [3.05, 3.63) is 66.1 Å². The van der Waals surface area contributed by atoms with Crippen LogP contribution in [0.15, 0.2) is 54.9 Å². The number of fused-ring (bicyclic) bond motifs is 1. The van der Waals surface area contributed by atoms with Crippen LogP contribution in [-0.2, 0) is 0 Å². The van der Waals surface area contributed by atoms with Crippen molar-refractivity contribution in [2.45, 2.75) is 13.8 Å². The highest BCUT2D eigenvalue weighted by Crippen LogP contribution is 2.36. The fourth-order valence-corrected chi connectivity index (χ4v) is 3.42. The van der Waals surface area contributed by atoms with E-state index in [1.807, 2.05) is 36.4 Å². The molecule has 28 heavy (non-hydrogen) atoms. The number of benzene rings is 2. The molecule has 2 aromatic heterocycles. The first-order chi connectivity index (χ1) is 13.6. The molecule has 4 rings (SSSR count). The smallest absolute Gasteiger partial charge is 0.150 e. The monoisotopic (exact) mass is 374 g/mol. The Hall–Kier alpha value is -3.54. The Bertz CT molecular complexity index is 1140. The molecule has 142 valence electrons. The predicted octanol–water partition coefficient (Wildman–Crippen LogP) is 4.80. The molecule has 0 fully saturated rings. The lowest BCUT2D eigenvalue weighted by Gasteiger charge is -2.13. The minimum Gasteiger partial charge on any atom is -0.497 e. The first-order valence-electron chi connectivity index (χ1n) is 9.01. The minimum atomic E-state index is 0.683. The highest BCUT2D eigenvalue weighted by atomic mass is 16.5. The van der Waals surface area contributed by atoms with E-state index < -0.39 is 0 Å². The Morgan fingerprint density at radius 1 is 0.929 bits per heavy atom. The number of hydrogen-bond donors (Lipinski definition) is 1. The summed E-state index contributed by atoms with van der Waals surface area (Å²) >= 11 is 0. The Kier molecular flexibility index (Phi) is 4.61. The summed E-state index contributed by atoms with van der Waals surface area (Å²) in [6, 6.07) is 15.9. The number of rotatable bonds is 5. The van der Waals surface area contributed by atoms with Crippen LogP contribution in [0.2, 0.25) is 0 Å². The van der Waals surface area contributed by atoms with Gasteiger partial charge in [-0.1, -0.05) is 18.2 Å². The Morgan fingerprint density at radius 2 is 1.71 bits per heavy atom. The number of aryl methyl sites for hydroxylation is 1. The zero-order valence-electron chi connectivity index (χ0n) is 16.4. The quantitative estimate of drug-likeness (QED) is 0.544. The van der Waals surface area contributed by atoms with Crippen molar-refractivity contribution in [2.24, 2.45) is 0 Å². The zero-order chi connectivity index (χ0) is 19.7. The number of nitrogens with zero attached hydrogens (tertiary/aromatic N) is 3. The minimum absolute atomic E-state index is 0.683. The van der Waals surface area contributed by atoms with Crippen molar-refractivity contribution in [3.63, 3.8) is 0 Å². The van der Waals surface area contributed by atoms with Crippen molar-refractivity contribution >= 4 is 22.5 Å². The molecule has 1 N–H and O–H groups in total. The molecule has 6 nitrogen and oxygen atoms in total. The zero-order valence-corrected chi connectivity index (χ0v) is 16.4. The summed E-state index contributed by atoms with van der Waals surface area (Å²) < 4.78 is 12.9. The molecule has 0 amide bonds. The molecular formula is C22H22N4O2. The van der Waals surface area contributed by atoms with Gasteiger partial charge in [0.25, 0.3) is 0 Å². The summed E-state index contributed by atoms with van der Waals surface area (Å²) in [7, 11) is 3.27. The molecule has 0 saturated heterocycles. The van der Waals surface area contributed by atoms with Crippen LogP contribution in [0.5, 0.6) is 11.5 Å². The average molecular weight is 374 g/mol. The topological polar surface area (TPSA) is 61.2 Å². The van der Waals surface area contributed by atoms with Crippen molar-refractivity contribution in [3.8, 4) is 17.2 Å². The van der Waals surface area contributed by atoms with Gasteiger partial charge in [-0.2, -0.15) is 0 Å². The van der Waals surface area contributed by atoms with Gasteiger partial charge in [0.1, 0.15) is 23.6 Å². The lowest BCUT2D eigenvalue weighted by atomic mass is 10.2. The van der Waals surface area contributed by atoms with Gasteiger partial charge in [-0.05, 0) is 43.7 Å². The number of methoxy groups -OCH3 is 2. The van der Waals surface area contributed by atoms with Crippen LogP contribution in [-0.4, -0.2) is 28.8 Å². The Balaban J connectivity index is 1.86. The predicted molar refractivity (Wildman–Crippen MR) is 111 cm³/mol. The van der Waals surface area contributed by atoms with E-state index in [9.17, 15) is 0 Å². The van der Waals surface area contributed by atoms with E-state index in [1.165, 1.54) is 0 Å². The van der Waals surface area contributed by atoms with E-state index in [4.69, 9.17) is 9.47 Å². The maximum Gasteiger partial charge on any atom is 0.150 e. The fraction of sp³-hybridized carbons (Fsp3) is 0.182. The highest BCUT2D eigenvalue weighted by Gasteiger charge is 2.18. The fourth-order valence-electron chi connectivity index (χ4n) is 3.42. The third kappa shape index (κ3) is 2.93. The lowest BCUT2D eigenvalue weighted by molar-refractivity contribution is 0.395. The van der Waals surface area contributed by atoms with Crippen molar-refractivity contribution in [1.29, 1.82) is 0 Å². The van der Waals surface area contributed by atoms with Gasteiger partial charge in [-0.15, -0.1) is 0 Å². The molecule has 0 aliphatic heterocycles. The Morgan fingerprint density at radius 3 is 2.43 bits per heavy atom. The van der Waals surface area contributed by atoms with Gasteiger partial charge in [0.15, 0.2) is 5.65 Å². The molecule has 2 heterocycles. The van der Waals surface area contributed by atoms with Crippen molar-refractivity contribution in [2.75, 3.05) is 19.5 Å². The van der Waals surface area contributed by atoms with Crippen LogP contribution in [0.1, 0.15) is 11.3 Å². The van der Waals surface area contributed by atoms with E-state index in [-0.39, 0.29) is 0 Å². The van der Waals surface area contributed by atoms with Gasteiger partial charge in [0.2, 0.25) is 0 Å². The molecular weight excluding hydrogens is 352 g/mol. The molecule has 0 aliphatic carbocycles. The molecule has 6 heteroatoms. The van der Waals surface area contributed by atoms with E-state index >= 15 is 0 Å². The van der Waals surface area contributed by atoms with Crippen molar-refractivity contribution < 1.29 is 9.47 Å². The summed E-state index contributed by atoms with van der Waals surface area (Å²) in [5, 5.41) is 4.39. The van der Waals surface area contributed by atoms with Gasteiger partial charge < -0.3 is 14.8 Å². The molecule has 4 aromatic rings. The summed E-state index contributed by atoms with van der Waals surface area (Å²) in [5.74, 6) is 2.16. The second kappa shape index (κ2) is 7.23. The number of para-hydroxylation sites is 1. The molecule has 0 spiro atoms. The summed E-state index contributed by atoms with van der Waals surface area (Å²) in [4.78, 5) is 9.08. The number of ether oxygens (including phenoxy) is 2. The maximum absolute atomic E-state index is 5.51. The van der Waals surface area contributed by atoms with E-state index in [0.29, 0.717) is 5.75 Å². The van der Waals surface area contributed by atoms with E-state index in [0.717, 1.165) is 45.2 Å². The van der Waals surface area contributed by atoms with E-state index in [1.54, 1.807) is 20.5 Å². The van der Waals surface area contributed by atoms with Crippen LogP contribution >= 0.6 is 0 Å². The SMILES string of the molecule is COc1ccc(Nc2ncnc3c2c(C)c(C)n3-c2ccccc2)c(OC)c1. The molecule has 2 aromatic carbocycles. The number of hydrogen-bond acceptors (Lipinski definition) is 5. The van der Waals surface area contributed by atoms with Crippen LogP contribution < -0.4 is 14.8 Å². The molecule has 0 aliphatic rings. The second-order valence-corrected chi connectivity index (χ2v) is 6.49. The molecule has 0 atom stereocenters. The largest absolute Gasteiger partial charge is 0.497 e. The van der Waals surface area contributed by atoms with Crippen LogP contribution in [0.4, 0.5) is 11.5 Å². The van der Waals surface area contributed by atoms with Crippen LogP contribution in [0.25, 0.3) is 16.7 Å². The molecule has 0 bridgehead atoms. The third-order valence-corrected chi connectivity index (χ3v) is 4.97. The number of anilines is 2. The molecule has 0 radical (unpaired) electrons. The molecule has 0 unspecified atom stereocenters. The first kappa shape index (κ1) is 17.9. The number of aromatic nitrogens is 3.